The number of likely N-dealkylation sites (tertiary alicyclic amines) is 1. The molecule has 2 aliphatic rings. The lowest BCUT2D eigenvalue weighted by Gasteiger charge is -2.21. The number of amides is 1. The topological polar surface area (TPSA) is 88.6 Å². The number of carbonyl (C=O) groups excluding carboxylic acids is 1. The molecule has 178 valence electrons. The molecule has 2 aliphatic heterocycles. The fourth-order valence-electron chi connectivity index (χ4n) is 4.21. The SMILES string of the molecule is C=CCO[C@H]1CN(C2CCOC2)CC1NC(=O)CNc1ncnc2ccc(C(F)(F)F)cc12. The number of halogens is 3. The molecule has 1 aromatic carbocycles. The average molecular weight is 465 g/mol. The first-order valence-corrected chi connectivity index (χ1v) is 10.7. The molecule has 2 aromatic rings. The van der Waals surface area contributed by atoms with Crippen molar-refractivity contribution < 1.29 is 27.4 Å². The summed E-state index contributed by atoms with van der Waals surface area (Å²) in [4.78, 5) is 23.0. The maximum atomic E-state index is 13.1. The third kappa shape index (κ3) is 5.60. The zero-order valence-electron chi connectivity index (χ0n) is 18.0. The molecular formula is C22H26F3N5O3. The molecule has 2 N–H and O–H groups in total. The van der Waals surface area contributed by atoms with Crippen molar-refractivity contribution in [3.63, 3.8) is 0 Å². The van der Waals surface area contributed by atoms with Crippen LogP contribution in [0.4, 0.5) is 19.0 Å². The van der Waals surface area contributed by atoms with E-state index in [1.54, 1.807) is 6.08 Å². The summed E-state index contributed by atoms with van der Waals surface area (Å²) in [6.07, 6.45) is -0.832. The third-order valence-electron chi connectivity index (χ3n) is 5.87. The van der Waals surface area contributed by atoms with Crippen LogP contribution < -0.4 is 10.6 Å². The molecule has 0 aliphatic carbocycles. The Bertz CT molecular complexity index is 997. The molecule has 0 radical (unpaired) electrons. The van der Waals surface area contributed by atoms with Crippen LogP contribution >= 0.6 is 0 Å². The number of rotatable bonds is 8. The molecule has 1 aromatic heterocycles. The minimum atomic E-state index is -4.49. The number of carbonyl (C=O) groups is 1. The van der Waals surface area contributed by atoms with Crippen molar-refractivity contribution in [3.8, 4) is 0 Å². The van der Waals surface area contributed by atoms with E-state index in [1.807, 2.05) is 0 Å². The fraction of sp³-hybridized carbons (Fsp3) is 0.500. The molecule has 0 bridgehead atoms. The van der Waals surface area contributed by atoms with Crippen LogP contribution in [0, 0.1) is 0 Å². The van der Waals surface area contributed by atoms with Crippen molar-refractivity contribution in [1.82, 2.24) is 20.2 Å². The summed E-state index contributed by atoms with van der Waals surface area (Å²) >= 11 is 0. The van der Waals surface area contributed by atoms with Crippen molar-refractivity contribution >= 4 is 22.6 Å². The predicted octanol–water partition coefficient (Wildman–Crippen LogP) is 2.22. The van der Waals surface area contributed by atoms with E-state index in [-0.39, 0.29) is 35.8 Å². The van der Waals surface area contributed by atoms with Crippen LogP contribution in [0.2, 0.25) is 0 Å². The summed E-state index contributed by atoms with van der Waals surface area (Å²) in [5.74, 6) is -0.146. The quantitative estimate of drug-likeness (QED) is 0.578. The van der Waals surface area contributed by atoms with Crippen molar-refractivity contribution in [2.45, 2.75) is 30.8 Å². The highest BCUT2D eigenvalue weighted by Crippen LogP contribution is 2.32. The highest BCUT2D eigenvalue weighted by atomic mass is 19.4. The van der Waals surface area contributed by atoms with E-state index in [0.29, 0.717) is 37.9 Å². The summed E-state index contributed by atoms with van der Waals surface area (Å²) in [6, 6.07) is 3.31. The lowest BCUT2D eigenvalue weighted by molar-refractivity contribution is -0.137. The summed E-state index contributed by atoms with van der Waals surface area (Å²) in [6.45, 7) is 6.59. The number of ether oxygens (including phenoxy) is 2. The Morgan fingerprint density at radius 2 is 2.18 bits per heavy atom. The maximum Gasteiger partial charge on any atom is 0.416 e. The zero-order valence-corrected chi connectivity index (χ0v) is 18.0. The van der Waals surface area contributed by atoms with Crippen molar-refractivity contribution in [3.05, 3.63) is 42.7 Å². The number of aromatic nitrogens is 2. The van der Waals surface area contributed by atoms with Crippen molar-refractivity contribution in [1.29, 1.82) is 0 Å². The Hall–Kier alpha value is -2.76. The zero-order chi connectivity index (χ0) is 23.4. The summed E-state index contributed by atoms with van der Waals surface area (Å²) in [5, 5.41) is 6.02. The van der Waals surface area contributed by atoms with Gasteiger partial charge in [-0.2, -0.15) is 13.2 Å². The van der Waals surface area contributed by atoms with Crippen LogP contribution in [-0.4, -0.2) is 78.4 Å². The van der Waals surface area contributed by atoms with Crippen LogP contribution in [0.25, 0.3) is 10.9 Å². The van der Waals surface area contributed by atoms with Crippen LogP contribution in [0.1, 0.15) is 12.0 Å². The number of nitrogens with one attached hydrogen (secondary N) is 2. The summed E-state index contributed by atoms with van der Waals surface area (Å²) < 4.78 is 50.6. The van der Waals surface area contributed by atoms with Gasteiger partial charge in [0.25, 0.3) is 0 Å². The second-order valence-corrected chi connectivity index (χ2v) is 8.11. The van der Waals surface area contributed by atoms with Gasteiger partial charge in [0.05, 0.1) is 43.0 Å². The Kier molecular flexibility index (Phi) is 7.11. The van der Waals surface area contributed by atoms with Gasteiger partial charge < -0.3 is 20.1 Å². The van der Waals surface area contributed by atoms with Gasteiger partial charge in [-0.25, -0.2) is 9.97 Å². The van der Waals surface area contributed by atoms with Crippen molar-refractivity contribution in [2.24, 2.45) is 0 Å². The Labute approximate surface area is 189 Å². The minimum absolute atomic E-state index is 0.153. The van der Waals surface area contributed by atoms with E-state index < -0.39 is 11.7 Å². The van der Waals surface area contributed by atoms with Crippen LogP contribution in [0.15, 0.2) is 37.2 Å². The first-order chi connectivity index (χ1) is 15.8. The lowest BCUT2D eigenvalue weighted by atomic mass is 10.1. The smallest absolute Gasteiger partial charge is 0.380 e. The molecule has 0 spiro atoms. The highest BCUT2D eigenvalue weighted by Gasteiger charge is 2.38. The van der Waals surface area contributed by atoms with Gasteiger partial charge in [-0.3, -0.25) is 9.69 Å². The van der Waals surface area contributed by atoms with Crippen LogP contribution in [-0.2, 0) is 20.4 Å². The lowest BCUT2D eigenvalue weighted by Crippen LogP contribution is -2.46. The largest absolute Gasteiger partial charge is 0.416 e. The second-order valence-electron chi connectivity index (χ2n) is 8.11. The van der Waals surface area contributed by atoms with E-state index in [4.69, 9.17) is 9.47 Å². The van der Waals surface area contributed by atoms with Gasteiger partial charge in [0, 0.05) is 31.1 Å². The number of benzene rings is 1. The predicted molar refractivity (Wildman–Crippen MR) is 116 cm³/mol. The molecular weight excluding hydrogens is 439 g/mol. The second kappa shape index (κ2) is 10.0. The van der Waals surface area contributed by atoms with Gasteiger partial charge in [0.1, 0.15) is 12.1 Å². The van der Waals surface area contributed by atoms with E-state index in [9.17, 15) is 18.0 Å². The Morgan fingerprint density at radius 1 is 1.33 bits per heavy atom. The number of hydrogen-bond donors (Lipinski definition) is 2. The minimum Gasteiger partial charge on any atom is -0.380 e. The van der Waals surface area contributed by atoms with Crippen LogP contribution in [0.5, 0.6) is 0 Å². The molecule has 11 heteroatoms. The number of anilines is 1. The summed E-state index contributed by atoms with van der Waals surface area (Å²) in [5.41, 5.74) is -0.453. The van der Waals surface area contributed by atoms with Crippen molar-refractivity contribution in [2.75, 3.05) is 44.8 Å². The molecule has 33 heavy (non-hydrogen) atoms. The summed E-state index contributed by atoms with van der Waals surface area (Å²) in [7, 11) is 0. The highest BCUT2D eigenvalue weighted by molar-refractivity contribution is 5.91. The number of hydrogen-bond acceptors (Lipinski definition) is 7. The van der Waals surface area contributed by atoms with Gasteiger partial charge in [0.15, 0.2) is 0 Å². The molecule has 0 saturated carbocycles. The average Bonchev–Trinajstić information content (AvgIpc) is 3.45. The van der Waals surface area contributed by atoms with E-state index >= 15 is 0 Å². The first kappa shape index (κ1) is 23.4. The van der Waals surface area contributed by atoms with Crippen LogP contribution in [0.3, 0.4) is 0 Å². The normalized spacial score (nSPS) is 23.7. The number of alkyl halides is 3. The maximum absolute atomic E-state index is 13.1. The Morgan fingerprint density at radius 3 is 2.91 bits per heavy atom. The van der Waals surface area contributed by atoms with Gasteiger partial charge in [-0.1, -0.05) is 6.08 Å². The van der Waals surface area contributed by atoms with Gasteiger partial charge >= 0.3 is 6.18 Å². The fourth-order valence-corrected chi connectivity index (χ4v) is 4.21. The number of nitrogens with zero attached hydrogens (tertiary/aromatic N) is 3. The third-order valence-corrected chi connectivity index (χ3v) is 5.87. The molecule has 4 rings (SSSR count). The van der Waals surface area contributed by atoms with Gasteiger partial charge in [-0.15, -0.1) is 6.58 Å². The molecule has 1 amide bonds. The monoisotopic (exact) mass is 465 g/mol. The Balaban J connectivity index is 1.40. The molecule has 3 heterocycles. The van der Waals surface area contributed by atoms with Gasteiger partial charge in [0.2, 0.25) is 5.91 Å². The molecule has 2 unspecified atom stereocenters. The molecule has 2 saturated heterocycles. The van der Waals surface area contributed by atoms with E-state index in [2.05, 4.69) is 32.1 Å². The van der Waals surface area contributed by atoms with E-state index in [0.717, 1.165) is 25.2 Å². The van der Waals surface area contributed by atoms with E-state index in [1.165, 1.54) is 12.4 Å². The molecule has 8 nitrogen and oxygen atoms in total. The standard InChI is InChI=1S/C22H26F3N5O3/c1-2-6-33-19-11-30(15-5-7-32-12-15)10-18(19)29-20(31)9-26-21-16-8-14(22(23,24)25)3-4-17(16)27-13-28-21/h2-4,8,13,15,18-19H,1,5-7,9-12H2,(H,29,31)(H,26,27,28)/t15?,18?,19-/m0/s1. The molecule has 3 atom stereocenters. The first-order valence-electron chi connectivity index (χ1n) is 10.7. The number of fused-ring (bicyclic) bond motifs is 1. The van der Waals surface area contributed by atoms with Gasteiger partial charge in [-0.05, 0) is 24.6 Å². The molecule has 2 fully saturated rings.